The van der Waals surface area contributed by atoms with Crippen molar-refractivity contribution in [2.45, 2.75) is 73.0 Å². The van der Waals surface area contributed by atoms with Gasteiger partial charge in [-0.05, 0) is 46.2 Å². The third-order valence-electron chi connectivity index (χ3n) is 4.83. The molecule has 0 saturated carbocycles. The van der Waals surface area contributed by atoms with Gasteiger partial charge >= 0.3 is 0 Å². The van der Waals surface area contributed by atoms with E-state index in [0.29, 0.717) is 13.0 Å². The fraction of sp³-hybridized carbons (Fsp3) is 0.591. The second-order valence-corrected chi connectivity index (χ2v) is 8.14. The standard InChI is InChI=1S/C22H34N4O2/c1-15(2)22(28)23-13-9-12-20-24-18-10-7-8-11-19(18)25(20)14-21(27)26(16(3)4)17(5)6/h7-8,10-11,15-17H,9,12-14H2,1-6H3,(H,23,28). The molecule has 0 radical (unpaired) electrons. The van der Waals surface area contributed by atoms with Crippen LogP contribution in [0.5, 0.6) is 0 Å². The van der Waals surface area contributed by atoms with Crippen molar-refractivity contribution in [1.82, 2.24) is 19.8 Å². The molecule has 0 aliphatic heterocycles. The summed E-state index contributed by atoms with van der Waals surface area (Å²) in [5.41, 5.74) is 1.88. The number of benzene rings is 1. The van der Waals surface area contributed by atoms with Crippen LogP contribution >= 0.6 is 0 Å². The summed E-state index contributed by atoms with van der Waals surface area (Å²) in [6.45, 7) is 12.8. The van der Waals surface area contributed by atoms with Crippen molar-refractivity contribution in [2.75, 3.05) is 6.54 Å². The van der Waals surface area contributed by atoms with Crippen LogP contribution in [-0.2, 0) is 22.6 Å². The topological polar surface area (TPSA) is 67.2 Å². The summed E-state index contributed by atoms with van der Waals surface area (Å²) in [7, 11) is 0. The van der Waals surface area contributed by atoms with Gasteiger partial charge in [0.1, 0.15) is 12.4 Å². The summed E-state index contributed by atoms with van der Waals surface area (Å²) in [4.78, 5) is 31.4. The van der Waals surface area contributed by atoms with Gasteiger partial charge in [0.15, 0.2) is 0 Å². The first kappa shape index (κ1) is 21.9. The van der Waals surface area contributed by atoms with E-state index in [4.69, 9.17) is 4.98 Å². The second kappa shape index (κ2) is 9.71. The summed E-state index contributed by atoms with van der Waals surface area (Å²) >= 11 is 0. The lowest BCUT2D eigenvalue weighted by Crippen LogP contribution is -2.43. The normalized spacial score (nSPS) is 11.6. The van der Waals surface area contributed by atoms with Crippen LogP contribution in [0.2, 0.25) is 0 Å². The zero-order valence-electron chi connectivity index (χ0n) is 18.0. The highest BCUT2D eigenvalue weighted by Crippen LogP contribution is 2.18. The Hall–Kier alpha value is -2.37. The quantitative estimate of drug-likeness (QED) is 0.672. The van der Waals surface area contributed by atoms with Gasteiger partial charge in [-0.1, -0.05) is 26.0 Å². The second-order valence-electron chi connectivity index (χ2n) is 8.14. The molecule has 28 heavy (non-hydrogen) atoms. The minimum atomic E-state index is -0.0137. The summed E-state index contributed by atoms with van der Waals surface area (Å²) in [6, 6.07) is 8.22. The molecule has 0 spiro atoms. The molecule has 0 saturated heterocycles. The van der Waals surface area contributed by atoms with Gasteiger partial charge in [0, 0.05) is 31.0 Å². The molecule has 2 rings (SSSR count). The Kier molecular flexibility index (Phi) is 7.61. The first-order valence-electron chi connectivity index (χ1n) is 10.2. The predicted octanol–water partition coefficient (Wildman–Crippen LogP) is 3.39. The fourth-order valence-electron chi connectivity index (χ4n) is 3.54. The third kappa shape index (κ3) is 5.33. The van der Waals surface area contributed by atoms with Crippen LogP contribution in [0.3, 0.4) is 0 Å². The predicted molar refractivity (Wildman–Crippen MR) is 113 cm³/mol. The molecule has 6 nitrogen and oxygen atoms in total. The van der Waals surface area contributed by atoms with Gasteiger partial charge in [0.05, 0.1) is 11.0 Å². The first-order valence-corrected chi connectivity index (χ1v) is 10.2. The van der Waals surface area contributed by atoms with Gasteiger partial charge in [-0.25, -0.2) is 4.98 Å². The van der Waals surface area contributed by atoms with E-state index in [1.165, 1.54) is 0 Å². The van der Waals surface area contributed by atoms with E-state index < -0.39 is 0 Å². The summed E-state index contributed by atoms with van der Waals surface area (Å²) in [5.74, 6) is 1.04. The number of hydrogen-bond acceptors (Lipinski definition) is 3. The number of imidazole rings is 1. The Morgan fingerprint density at radius 2 is 1.71 bits per heavy atom. The number of aromatic nitrogens is 2. The van der Waals surface area contributed by atoms with E-state index in [0.717, 1.165) is 23.3 Å². The van der Waals surface area contributed by atoms with Crippen molar-refractivity contribution >= 4 is 22.8 Å². The fourth-order valence-corrected chi connectivity index (χ4v) is 3.54. The van der Waals surface area contributed by atoms with Crippen LogP contribution in [0.15, 0.2) is 24.3 Å². The molecule has 1 aromatic carbocycles. The summed E-state index contributed by atoms with van der Waals surface area (Å²) < 4.78 is 2.03. The highest BCUT2D eigenvalue weighted by atomic mass is 16.2. The van der Waals surface area contributed by atoms with Gasteiger partial charge in [-0.15, -0.1) is 0 Å². The van der Waals surface area contributed by atoms with E-state index >= 15 is 0 Å². The molecule has 1 N–H and O–H groups in total. The number of aryl methyl sites for hydroxylation is 1. The molecule has 6 heteroatoms. The molecule has 1 aromatic heterocycles. The van der Waals surface area contributed by atoms with Gasteiger partial charge in [0.25, 0.3) is 0 Å². The molecule has 0 fully saturated rings. The number of carbonyl (C=O) groups excluding carboxylic acids is 2. The van der Waals surface area contributed by atoms with E-state index in [1.54, 1.807) is 0 Å². The van der Waals surface area contributed by atoms with Crippen LogP contribution in [-0.4, -0.2) is 44.9 Å². The van der Waals surface area contributed by atoms with Crippen molar-refractivity contribution < 1.29 is 9.59 Å². The highest BCUT2D eigenvalue weighted by Gasteiger charge is 2.22. The molecule has 1 heterocycles. The number of rotatable bonds is 9. The van der Waals surface area contributed by atoms with E-state index in [9.17, 15) is 9.59 Å². The average molecular weight is 387 g/mol. The summed E-state index contributed by atoms with van der Waals surface area (Å²) in [5, 5.41) is 2.94. The van der Waals surface area contributed by atoms with Crippen molar-refractivity contribution in [3.63, 3.8) is 0 Å². The number of nitrogens with one attached hydrogen (secondary N) is 1. The molecule has 0 unspecified atom stereocenters. The Morgan fingerprint density at radius 3 is 2.32 bits per heavy atom. The molecule has 2 amide bonds. The molecule has 2 aromatic rings. The number of fused-ring (bicyclic) bond motifs is 1. The molecule has 154 valence electrons. The minimum absolute atomic E-state index is 0.0137. The van der Waals surface area contributed by atoms with Gasteiger partial charge in [-0.2, -0.15) is 0 Å². The lowest BCUT2D eigenvalue weighted by Gasteiger charge is -2.31. The maximum absolute atomic E-state index is 13.0. The number of carbonyl (C=O) groups is 2. The maximum atomic E-state index is 13.0. The first-order chi connectivity index (χ1) is 13.2. The number of para-hydroxylation sites is 2. The van der Waals surface area contributed by atoms with Crippen LogP contribution in [0.4, 0.5) is 0 Å². The zero-order valence-corrected chi connectivity index (χ0v) is 18.0. The Balaban J connectivity index is 2.18. The van der Waals surface area contributed by atoms with Crippen molar-refractivity contribution in [3.8, 4) is 0 Å². The van der Waals surface area contributed by atoms with E-state index in [-0.39, 0.29) is 36.4 Å². The van der Waals surface area contributed by atoms with E-state index in [1.807, 2.05) is 75.3 Å². The van der Waals surface area contributed by atoms with Crippen molar-refractivity contribution in [2.24, 2.45) is 5.92 Å². The van der Waals surface area contributed by atoms with E-state index in [2.05, 4.69) is 5.32 Å². The molecule has 0 aliphatic carbocycles. The number of hydrogen-bond donors (Lipinski definition) is 1. The Labute approximate surface area is 168 Å². The Morgan fingerprint density at radius 1 is 1.07 bits per heavy atom. The molecular formula is C22H34N4O2. The molecule has 0 bridgehead atoms. The van der Waals surface area contributed by atoms with Crippen LogP contribution in [0, 0.1) is 5.92 Å². The minimum Gasteiger partial charge on any atom is -0.356 e. The largest absolute Gasteiger partial charge is 0.356 e. The lowest BCUT2D eigenvalue weighted by atomic mass is 10.2. The highest BCUT2D eigenvalue weighted by molar-refractivity contribution is 5.81. The number of amides is 2. The van der Waals surface area contributed by atoms with Gasteiger partial charge < -0.3 is 14.8 Å². The van der Waals surface area contributed by atoms with Gasteiger partial charge in [0.2, 0.25) is 11.8 Å². The molecule has 0 aliphatic rings. The van der Waals surface area contributed by atoms with Crippen LogP contribution in [0.1, 0.15) is 53.8 Å². The average Bonchev–Trinajstić information content (AvgIpc) is 2.95. The smallest absolute Gasteiger partial charge is 0.243 e. The van der Waals surface area contributed by atoms with Crippen molar-refractivity contribution in [3.05, 3.63) is 30.1 Å². The molecule has 0 atom stereocenters. The summed E-state index contributed by atoms with van der Waals surface area (Å²) in [6.07, 6.45) is 1.50. The number of nitrogens with zero attached hydrogens (tertiary/aromatic N) is 3. The Bertz CT molecular complexity index is 800. The van der Waals surface area contributed by atoms with Crippen molar-refractivity contribution in [1.29, 1.82) is 0 Å². The van der Waals surface area contributed by atoms with Crippen LogP contribution in [0.25, 0.3) is 11.0 Å². The maximum Gasteiger partial charge on any atom is 0.243 e. The zero-order chi connectivity index (χ0) is 20.8. The monoisotopic (exact) mass is 386 g/mol. The third-order valence-corrected chi connectivity index (χ3v) is 4.83. The molecular weight excluding hydrogens is 352 g/mol. The van der Waals surface area contributed by atoms with Crippen LogP contribution < -0.4 is 5.32 Å². The lowest BCUT2D eigenvalue weighted by molar-refractivity contribution is -0.135. The SMILES string of the molecule is CC(C)C(=O)NCCCc1nc2ccccc2n1CC(=O)N(C(C)C)C(C)C. The van der Waals surface area contributed by atoms with Gasteiger partial charge in [-0.3, -0.25) is 9.59 Å².